The minimum Gasteiger partial charge on any atom is -0.356 e. The van der Waals surface area contributed by atoms with Crippen molar-refractivity contribution >= 4 is 51.7 Å². The summed E-state index contributed by atoms with van der Waals surface area (Å²) in [4.78, 5) is 56.2. The molecule has 27 heteroatoms. The third-order valence-electron chi connectivity index (χ3n) is 21.5. The van der Waals surface area contributed by atoms with Gasteiger partial charge in [-0.3, -0.25) is 28.4 Å². The van der Waals surface area contributed by atoms with Crippen molar-refractivity contribution in [2.45, 2.75) is 81.2 Å². The van der Waals surface area contributed by atoms with E-state index in [1.54, 1.807) is 46.2 Å². The van der Waals surface area contributed by atoms with Gasteiger partial charge in [-0.25, -0.2) is 28.5 Å². The van der Waals surface area contributed by atoms with Gasteiger partial charge in [0.05, 0.1) is 70.4 Å². The smallest absolute Gasteiger partial charge is 0.295 e. The molecule has 7 unspecified atom stereocenters. The van der Waals surface area contributed by atoms with Crippen molar-refractivity contribution in [3.05, 3.63) is 164 Å². The van der Waals surface area contributed by atoms with E-state index >= 15 is 0 Å². The SMILES string of the molecule is C#CC(=O)NC1C2CC1CN(c1ccc(-c3cc(-c4cnn(C)c4)cn4ncc(C#N)c34)cn1)C2.C#CC(=O)NC1CC2CC(C1)N2c1ccc(-c2cc(-c3cnn(C)c3)cn3ncc(C#N)c23)cn1.C#CC(=O)NC1CC2CCC1CN2c1ccc(-c2cc(-c3cnn(C)c3)cn3ncc(C#N)c23)cn1. The summed E-state index contributed by atoms with van der Waals surface area (Å²) in [5, 5.41) is 63.9. The van der Waals surface area contributed by atoms with Crippen LogP contribution in [0.2, 0.25) is 0 Å². The first-order valence-electron chi connectivity index (χ1n) is 34.8. The van der Waals surface area contributed by atoms with E-state index in [-0.39, 0.29) is 35.8 Å². The first kappa shape index (κ1) is 66.6. The number of nitrogens with zero attached hydrogens (tertiary/aromatic N) is 21. The Morgan fingerprint density at radius 1 is 0.425 bits per heavy atom. The van der Waals surface area contributed by atoms with Crippen molar-refractivity contribution in [2.24, 2.45) is 38.9 Å². The van der Waals surface area contributed by atoms with Crippen LogP contribution in [0.4, 0.5) is 17.5 Å². The molecule has 6 bridgehead atoms. The number of aryl methyl sites for hydroxylation is 3. The van der Waals surface area contributed by atoms with Crippen molar-refractivity contribution in [3.8, 4) is 122 Å². The molecule has 0 radical (unpaired) electrons. The van der Waals surface area contributed by atoms with Gasteiger partial charge in [0.25, 0.3) is 17.7 Å². The zero-order valence-electron chi connectivity index (χ0n) is 58.0. The number of nitrogens with one attached hydrogen (secondary N) is 3. The zero-order valence-corrected chi connectivity index (χ0v) is 58.0. The lowest BCUT2D eigenvalue weighted by Crippen LogP contribution is -2.65. The number of carbonyl (C=O) groups excluding carboxylic acids is 3. The fourth-order valence-corrected chi connectivity index (χ4v) is 16.5. The van der Waals surface area contributed by atoms with Crippen LogP contribution in [0.15, 0.2) is 148 Å². The molecule has 6 saturated heterocycles. The highest BCUT2D eigenvalue weighted by Gasteiger charge is 2.48. The summed E-state index contributed by atoms with van der Waals surface area (Å²) in [5.41, 5.74) is 14.9. The number of rotatable bonds is 12. The van der Waals surface area contributed by atoms with Crippen LogP contribution in [0.25, 0.3) is 83.3 Å². The highest BCUT2D eigenvalue weighted by molar-refractivity contribution is 5.95. The van der Waals surface area contributed by atoms with Crippen LogP contribution in [-0.2, 0) is 35.5 Å². The second-order valence-electron chi connectivity index (χ2n) is 27.9. The lowest BCUT2D eigenvalue weighted by Gasteiger charge is -2.56. The number of hydrogen-bond donors (Lipinski definition) is 3. The van der Waals surface area contributed by atoms with Gasteiger partial charge >= 0.3 is 0 Å². The van der Waals surface area contributed by atoms with E-state index in [1.165, 1.54) is 0 Å². The molecule has 12 aromatic rings. The summed E-state index contributed by atoms with van der Waals surface area (Å²) in [6, 6.07) is 26.6. The summed E-state index contributed by atoms with van der Waals surface area (Å²) in [5.74, 6) is 9.29. The highest BCUT2D eigenvalue weighted by Crippen LogP contribution is 2.45. The van der Waals surface area contributed by atoms with E-state index < -0.39 is 0 Å². The van der Waals surface area contributed by atoms with E-state index in [4.69, 9.17) is 34.2 Å². The minimum absolute atomic E-state index is 0.118. The lowest BCUT2D eigenvalue weighted by atomic mass is 9.66. The summed E-state index contributed by atoms with van der Waals surface area (Å²) in [6.45, 7) is 2.51. The Kier molecular flexibility index (Phi) is 17.3. The average molecular weight is 1400 g/mol. The quantitative estimate of drug-likeness (QED) is 0.0994. The normalized spacial score (nSPS) is 20.7. The molecule has 0 spiro atoms. The maximum Gasteiger partial charge on any atom is 0.295 e. The maximum absolute atomic E-state index is 11.7. The predicted octanol–water partition coefficient (Wildman–Crippen LogP) is 7.55. The van der Waals surface area contributed by atoms with Crippen molar-refractivity contribution < 1.29 is 14.4 Å². The van der Waals surface area contributed by atoms with E-state index in [0.717, 1.165) is 165 Å². The summed E-state index contributed by atoms with van der Waals surface area (Å²) in [7, 11) is 5.64. The van der Waals surface area contributed by atoms with Crippen LogP contribution in [-0.4, -0.2) is 147 Å². The minimum atomic E-state index is -0.346. The fourth-order valence-electron chi connectivity index (χ4n) is 16.5. The Balaban J connectivity index is 0.000000122. The Morgan fingerprint density at radius 2 is 0.858 bits per heavy atom. The van der Waals surface area contributed by atoms with Crippen molar-refractivity contribution in [1.29, 1.82) is 15.8 Å². The van der Waals surface area contributed by atoms with Gasteiger partial charge in [0.1, 0.15) is 35.7 Å². The Bertz CT molecular complexity index is 5710. The number of piperidine rings is 5. The summed E-state index contributed by atoms with van der Waals surface area (Å²) < 4.78 is 10.5. The first-order valence-corrected chi connectivity index (χ1v) is 34.8. The molecule has 12 aromatic heterocycles. The molecule has 3 amide bonds. The van der Waals surface area contributed by atoms with Crippen LogP contribution >= 0.6 is 0 Å². The molecule has 3 aliphatic carbocycles. The first-order chi connectivity index (χ1) is 51.6. The van der Waals surface area contributed by atoms with Gasteiger partial charge < -0.3 is 30.7 Å². The lowest BCUT2D eigenvalue weighted by molar-refractivity contribution is -0.119. The predicted molar refractivity (Wildman–Crippen MR) is 395 cm³/mol. The number of carbonyl (C=O) groups is 3. The van der Waals surface area contributed by atoms with Gasteiger partial charge in [0, 0.05) is 200 Å². The summed E-state index contributed by atoms with van der Waals surface area (Å²) >= 11 is 0. The van der Waals surface area contributed by atoms with Gasteiger partial charge in [-0.2, -0.15) is 46.4 Å². The number of hydrogen-bond acceptors (Lipinski definition) is 18. The van der Waals surface area contributed by atoms with E-state index in [0.29, 0.717) is 52.6 Å². The number of fused-ring (bicyclic) bond motifs is 10. The van der Waals surface area contributed by atoms with Crippen LogP contribution in [0.3, 0.4) is 0 Å². The molecular formula is C79H68N24O3. The molecule has 7 atom stereocenters. The van der Waals surface area contributed by atoms with Gasteiger partial charge in [-0.15, -0.1) is 19.3 Å². The third-order valence-corrected chi connectivity index (χ3v) is 21.5. The highest BCUT2D eigenvalue weighted by atomic mass is 16.2. The van der Waals surface area contributed by atoms with Crippen molar-refractivity contribution in [1.82, 2.24) is 89.1 Å². The molecule has 0 aromatic carbocycles. The third kappa shape index (κ3) is 12.5. The number of anilines is 3. The summed E-state index contributed by atoms with van der Waals surface area (Å²) in [6.07, 6.45) is 49.9. The van der Waals surface area contributed by atoms with Crippen LogP contribution in [0, 0.1) is 88.8 Å². The second kappa shape index (κ2) is 27.5. The van der Waals surface area contributed by atoms with Crippen LogP contribution in [0.5, 0.6) is 0 Å². The van der Waals surface area contributed by atoms with Crippen molar-refractivity contribution in [2.75, 3.05) is 34.3 Å². The molecule has 9 fully saturated rings. The molecule has 9 aliphatic rings. The van der Waals surface area contributed by atoms with Gasteiger partial charge in [-0.05, 0) is 135 Å². The number of aromatic nitrogens is 15. The number of amides is 3. The molecule has 6 aliphatic heterocycles. The van der Waals surface area contributed by atoms with Crippen molar-refractivity contribution in [3.63, 3.8) is 0 Å². The van der Waals surface area contributed by atoms with E-state index in [2.05, 4.69) is 121 Å². The Morgan fingerprint density at radius 3 is 1.25 bits per heavy atom. The molecule has 27 nitrogen and oxygen atoms in total. The topological polar surface area (TPSA) is 312 Å². The molecule has 18 heterocycles. The van der Waals surface area contributed by atoms with Gasteiger partial charge in [0.2, 0.25) is 0 Å². The molecule has 3 N–H and O–H groups in total. The van der Waals surface area contributed by atoms with Crippen LogP contribution < -0.4 is 30.7 Å². The zero-order chi connectivity index (χ0) is 73.0. The molecule has 3 saturated carbocycles. The second-order valence-corrected chi connectivity index (χ2v) is 27.9. The monoisotopic (exact) mass is 1400 g/mol. The molecule has 106 heavy (non-hydrogen) atoms. The molecule has 21 rings (SSSR count). The Hall–Kier alpha value is -13.9. The Labute approximate surface area is 608 Å². The number of pyridine rings is 6. The van der Waals surface area contributed by atoms with Gasteiger partial charge in [0.15, 0.2) is 0 Å². The van der Waals surface area contributed by atoms with Crippen LogP contribution in [0.1, 0.15) is 61.6 Å². The van der Waals surface area contributed by atoms with E-state index in [9.17, 15) is 30.2 Å². The number of terminal acetylenes is 3. The fraction of sp³-hybridized carbons (Fsp3) is 0.278. The largest absolute Gasteiger partial charge is 0.356 e. The number of nitriles is 3. The van der Waals surface area contributed by atoms with E-state index in [1.807, 2.05) is 126 Å². The standard InChI is InChI=1S/C27H24N8O.2C26H22N8O/c1-3-26(36)32-24-9-22-6-4-18(24)15-34(22)25-7-5-17(11-29-25)23-8-19(21-13-30-33(2)14-21)16-35-27(23)20(10-28)12-31-35;1-3-25(35)31-20-7-21-9-22(8-20)34(21)24-5-4-16(11-28-24)23-6-17(19-13-29-32(2)14-19)15-33-26(23)18(10-27)12-30-33;1-3-24(35)31-25-18-6-19(25)14-33(13-18)23-5-4-16(9-28-23)22-7-17(21-11-29-32(2)12-21)15-34-26(22)20(8-27)10-30-34/h1,5,7-8,11-14,16,18,22,24H,4,6,9,15H2,2H3,(H,32,36);1,4-6,11-15,20-22H,7-9H2,2H3,(H,31,35);1,4-5,7,9-12,15,18-19,25H,6,13-14H2,2H3,(H,31,35). The van der Waals surface area contributed by atoms with Gasteiger partial charge in [-0.1, -0.05) is 0 Å². The molecular weight excluding hydrogens is 1330 g/mol. The average Bonchev–Trinajstić information content (AvgIpc) is 1.11. The molecule has 522 valence electrons. The maximum atomic E-state index is 11.7.